The minimum atomic E-state index is 0.0217. The van der Waals surface area contributed by atoms with Crippen molar-refractivity contribution in [2.45, 2.75) is 19.4 Å². The lowest BCUT2D eigenvalue weighted by Crippen LogP contribution is -2.37. The van der Waals surface area contributed by atoms with E-state index in [0.717, 1.165) is 37.2 Å². The molecule has 4 heteroatoms. The van der Waals surface area contributed by atoms with Crippen molar-refractivity contribution in [1.29, 1.82) is 0 Å². The molecule has 0 aromatic heterocycles. The van der Waals surface area contributed by atoms with E-state index in [1.165, 1.54) is 0 Å². The van der Waals surface area contributed by atoms with E-state index in [1.54, 1.807) is 7.11 Å². The standard InChI is InChI=1S/C13H18N2O2/c1-17-12-7-3-2-6-11(12)10-14-13(16)15-8-4-5-9-15/h2-3,6-7H,4-5,8-10H2,1H3,(H,14,16). The van der Waals surface area contributed by atoms with E-state index in [0.29, 0.717) is 6.54 Å². The van der Waals surface area contributed by atoms with Gasteiger partial charge in [0.1, 0.15) is 5.75 Å². The maximum absolute atomic E-state index is 11.8. The smallest absolute Gasteiger partial charge is 0.317 e. The number of nitrogens with zero attached hydrogens (tertiary/aromatic N) is 1. The minimum Gasteiger partial charge on any atom is -0.496 e. The Balaban J connectivity index is 1.90. The second-order valence-corrected chi connectivity index (χ2v) is 4.16. The van der Waals surface area contributed by atoms with Crippen molar-refractivity contribution in [2.24, 2.45) is 0 Å². The molecule has 1 saturated heterocycles. The first-order valence-corrected chi connectivity index (χ1v) is 5.96. The second kappa shape index (κ2) is 5.57. The third-order valence-electron chi connectivity index (χ3n) is 3.02. The summed E-state index contributed by atoms with van der Waals surface area (Å²) in [6.07, 6.45) is 2.23. The lowest BCUT2D eigenvalue weighted by atomic mass is 10.2. The van der Waals surface area contributed by atoms with Gasteiger partial charge in [0.15, 0.2) is 0 Å². The molecule has 4 nitrogen and oxygen atoms in total. The summed E-state index contributed by atoms with van der Waals surface area (Å²) in [5.41, 5.74) is 1.00. The van der Waals surface area contributed by atoms with Crippen molar-refractivity contribution in [3.05, 3.63) is 29.8 Å². The van der Waals surface area contributed by atoms with Crippen LogP contribution in [0.5, 0.6) is 5.75 Å². The highest BCUT2D eigenvalue weighted by atomic mass is 16.5. The van der Waals surface area contributed by atoms with Gasteiger partial charge in [-0.25, -0.2) is 4.79 Å². The van der Waals surface area contributed by atoms with Gasteiger partial charge in [-0.05, 0) is 18.9 Å². The highest BCUT2D eigenvalue weighted by Gasteiger charge is 2.17. The van der Waals surface area contributed by atoms with E-state index >= 15 is 0 Å². The number of carbonyl (C=O) groups is 1. The van der Waals surface area contributed by atoms with Crippen molar-refractivity contribution in [2.75, 3.05) is 20.2 Å². The number of ether oxygens (including phenoxy) is 1. The first kappa shape index (κ1) is 11.8. The van der Waals surface area contributed by atoms with Gasteiger partial charge in [-0.1, -0.05) is 18.2 Å². The Labute approximate surface area is 102 Å². The summed E-state index contributed by atoms with van der Waals surface area (Å²) in [7, 11) is 1.64. The van der Waals surface area contributed by atoms with Gasteiger partial charge < -0.3 is 15.0 Å². The molecule has 1 aromatic carbocycles. The third-order valence-corrected chi connectivity index (χ3v) is 3.02. The summed E-state index contributed by atoms with van der Waals surface area (Å²) < 4.78 is 5.24. The van der Waals surface area contributed by atoms with Gasteiger partial charge in [0.25, 0.3) is 0 Å². The Morgan fingerprint density at radius 3 is 2.76 bits per heavy atom. The number of amides is 2. The normalized spacial score (nSPS) is 14.8. The monoisotopic (exact) mass is 234 g/mol. The first-order valence-electron chi connectivity index (χ1n) is 5.96. The molecule has 1 heterocycles. The summed E-state index contributed by atoms with van der Waals surface area (Å²) >= 11 is 0. The van der Waals surface area contributed by atoms with Crippen LogP contribution in [-0.2, 0) is 6.54 Å². The SMILES string of the molecule is COc1ccccc1CNC(=O)N1CCCC1. The summed E-state index contributed by atoms with van der Waals surface area (Å²) in [4.78, 5) is 13.6. The quantitative estimate of drug-likeness (QED) is 0.869. The van der Waals surface area contributed by atoms with Gasteiger partial charge >= 0.3 is 6.03 Å². The first-order chi connectivity index (χ1) is 8.31. The second-order valence-electron chi connectivity index (χ2n) is 4.16. The van der Waals surface area contributed by atoms with Crippen LogP contribution in [0.4, 0.5) is 4.79 Å². The molecule has 0 unspecified atom stereocenters. The Bertz CT molecular complexity index is 387. The molecule has 17 heavy (non-hydrogen) atoms. The van der Waals surface area contributed by atoms with Crippen molar-refractivity contribution < 1.29 is 9.53 Å². The van der Waals surface area contributed by atoms with Crippen LogP contribution in [-0.4, -0.2) is 31.1 Å². The highest BCUT2D eigenvalue weighted by Crippen LogP contribution is 2.17. The average molecular weight is 234 g/mol. The zero-order chi connectivity index (χ0) is 12.1. The Morgan fingerprint density at radius 1 is 1.35 bits per heavy atom. The number of carbonyl (C=O) groups excluding carboxylic acids is 1. The van der Waals surface area contributed by atoms with Gasteiger partial charge in [0.05, 0.1) is 7.11 Å². The largest absolute Gasteiger partial charge is 0.496 e. The molecule has 2 rings (SSSR count). The average Bonchev–Trinajstić information content (AvgIpc) is 2.90. The molecule has 1 aromatic rings. The van der Waals surface area contributed by atoms with Gasteiger partial charge in [0, 0.05) is 25.2 Å². The number of para-hydroxylation sites is 1. The van der Waals surface area contributed by atoms with Crippen LogP contribution in [0.15, 0.2) is 24.3 Å². The molecule has 2 amide bonds. The van der Waals surface area contributed by atoms with Crippen LogP contribution in [0, 0.1) is 0 Å². The van der Waals surface area contributed by atoms with Crippen LogP contribution >= 0.6 is 0 Å². The zero-order valence-electron chi connectivity index (χ0n) is 10.1. The fourth-order valence-electron chi connectivity index (χ4n) is 2.05. The van der Waals surface area contributed by atoms with E-state index in [4.69, 9.17) is 4.74 Å². The van der Waals surface area contributed by atoms with Gasteiger partial charge in [-0.15, -0.1) is 0 Å². The lowest BCUT2D eigenvalue weighted by Gasteiger charge is -2.16. The predicted octanol–water partition coefficient (Wildman–Crippen LogP) is 2.00. The number of benzene rings is 1. The molecule has 0 atom stereocenters. The fourth-order valence-corrected chi connectivity index (χ4v) is 2.05. The molecular formula is C13H18N2O2. The predicted molar refractivity (Wildman–Crippen MR) is 66.0 cm³/mol. The van der Waals surface area contributed by atoms with Crippen LogP contribution in [0.2, 0.25) is 0 Å². The van der Waals surface area contributed by atoms with Crippen LogP contribution < -0.4 is 10.1 Å². The van der Waals surface area contributed by atoms with Crippen molar-refractivity contribution in [3.63, 3.8) is 0 Å². The molecule has 1 N–H and O–H groups in total. The lowest BCUT2D eigenvalue weighted by molar-refractivity contribution is 0.208. The molecular weight excluding hydrogens is 216 g/mol. The molecule has 1 fully saturated rings. The van der Waals surface area contributed by atoms with Crippen LogP contribution in [0.1, 0.15) is 18.4 Å². The fraction of sp³-hybridized carbons (Fsp3) is 0.462. The molecule has 0 radical (unpaired) electrons. The number of rotatable bonds is 3. The number of hydrogen-bond acceptors (Lipinski definition) is 2. The number of likely N-dealkylation sites (tertiary alicyclic amines) is 1. The van der Waals surface area contributed by atoms with Gasteiger partial charge in [-0.2, -0.15) is 0 Å². The molecule has 1 aliphatic rings. The summed E-state index contributed by atoms with van der Waals surface area (Å²) in [6.45, 7) is 2.26. The van der Waals surface area contributed by atoms with Crippen molar-refractivity contribution in [3.8, 4) is 5.75 Å². The Hall–Kier alpha value is -1.71. The van der Waals surface area contributed by atoms with E-state index in [9.17, 15) is 4.79 Å². The highest BCUT2D eigenvalue weighted by molar-refractivity contribution is 5.74. The number of hydrogen-bond donors (Lipinski definition) is 1. The van der Waals surface area contributed by atoms with Crippen molar-refractivity contribution >= 4 is 6.03 Å². The molecule has 0 saturated carbocycles. The summed E-state index contributed by atoms with van der Waals surface area (Å²) in [5.74, 6) is 0.814. The van der Waals surface area contributed by atoms with E-state index in [1.807, 2.05) is 29.2 Å². The maximum atomic E-state index is 11.8. The molecule has 1 aliphatic heterocycles. The van der Waals surface area contributed by atoms with E-state index < -0.39 is 0 Å². The van der Waals surface area contributed by atoms with E-state index in [-0.39, 0.29) is 6.03 Å². The third kappa shape index (κ3) is 2.90. The summed E-state index contributed by atoms with van der Waals surface area (Å²) in [6, 6.07) is 7.75. The Kier molecular flexibility index (Phi) is 3.85. The molecule has 92 valence electrons. The number of urea groups is 1. The Morgan fingerprint density at radius 2 is 2.06 bits per heavy atom. The topological polar surface area (TPSA) is 41.6 Å². The molecule has 0 spiro atoms. The van der Waals surface area contributed by atoms with Crippen LogP contribution in [0.25, 0.3) is 0 Å². The number of methoxy groups -OCH3 is 1. The zero-order valence-corrected chi connectivity index (χ0v) is 10.1. The number of nitrogens with one attached hydrogen (secondary N) is 1. The summed E-state index contributed by atoms with van der Waals surface area (Å²) in [5, 5.41) is 2.92. The molecule has 0 bridgehead atoms. The van der Waals surface area contributed by atoms with Crippen LogP contribution in [0.3, 0.4) is 0 Å². The maximum Gasteiger partial charge on any atom is 0.317 e. The van der Waals surface area contributed by atoms with Gasteiger partial charge in [0.2, 0.25) is 0 Å². The molecule has 0 aliphatic carbocycles. The van der Waals surface area contributed by atoms with Crippen molar-refractivity contribution in [1.82, 2.24) is 10.2 Å². The minimum absolute atomic E-state index is 0.0217. The van der Waals surface area contributed by atoms with E-state index in [2.05, 4.69) is 5.32 Å². The van der Waals surface area contributed by atoms with Gasteiger partial charge in [-0.3, -0.25) is 0 Å².